The van der Waals surface area contributed by atoms with Gasteiger partial charge in [0, 0.05) is 16.5 Å². The summed E-state index contributed by atoms with van der Waals surface area (Å²) in [6.45, 7) is 5.99. The number of nitrogens with zero attached hydrogens (tertiary/aromatic N) is 1. The quantitative estimate of drug-likeness (QED) is 0.602. The normalized spacial score (nSPS) is 10.5. The van der Waals surface area contributed by atoms with Gasteiger partial charge in [-0.1, -0.05) is 46.6 Å². The minimum Gasteiger partial charge on any atom is -0.489 e. The fraction of sp³-hybridized carbons (Fsp3) is 0.278. The van der Waals surface area contributed by atoms with E-state index in [4.69, 9.17) is 4.74 Å². The second-order valence-electron chi connectivity index (χ2n) is 5.39. The molecule has 0 radical (unpaired) electrons. The molecule has 0 unspecified atom stereocenters. The van der Waals surface area contributed by atoms with Gasteiger partial charge in [0.05, 0.1) is 5.69 Å². The first kappa shape index (κ1) is 17.5. The summed E-state index contributed by atoms with van der Waals surface area (Å²) in [6, 6.07) is 11.4. The lowest BCUT2D eigenvalue weighted by atomic mass is 10.1. The van der Waals surface area contributed by atoms with Crippen molar-refractivity contribution in [2.75, 3.05) is 5.06 Å². The van der Waals surface area contributed by atoms with E-state index in [1.165, 1.54) is 5.56 Å². The Bertz CT molecular complexity index is 715. The van der Waals surface area contributed by atoms with Crippen LogP contribution in [0.25, 0.3) is 0 Å². The van der Waals surface area contributed by atoms with Crippen LogP contribution in [-0.4, -0.2) is 11.1 Å². The molecule has 2 aromatic rings. The molecule has 1 N–H and O–H groups in total. The summed E-state index contributed by atoms with van der Waals surface area (Å²) >= 11 is 3.36. The average Bonchev–Trinajstić information content (AvgIpc) is 2.53. The number of carbonyl (C=O) groups is 1. The van der Waals surface area contributed by atoms with E-state index in [0.717, 1.165) is 21.3 Å². The second kappa shape index (κ2) is 7.62. The number of hydroxylamine groups is 1. The number of benzene rings is 2. The molecular formula is C18H20BrNO3. The molecule has 5 heteroatoms. The van der Waals surface area contributed by atoms with Gasteiger partial charge in [-0.15, -0.1) is 0 Å². The topological polar surface area (TPSA) is 49.8 Å². The van der Waals surface area contributed by atoms with E-state index in [1.807, 2.05) is 38.1 Å². The maximum atomic E-state index is 11.8. The Morgan fingerprint density at radius 1 is 1.22 bits per heavy atom. The average molecular weight is 378 g/mol. The monoisotopic (exact) mass is 377 g/mol. The molecule has 1 amide bonds. The van der Waals surface area contributed by atoms with Crippen LogP contribution in [0.15, 0.2) is 40.9 Å². The van der Waals surface area contributed by atoms with Gasteiger partial charge in [-0.05, 0) is 37.6 Å². The van der Waals surface area contributed by atoms with Crippen LogP contribution >= 0.6 is 15.9 Å². The zero-order chi connectivity index (χ0) is 17.0. The van der Waals surface area contributed by atoms with E-state index < -0.39 is 0 Å². The molecule has 0 aliphatic rings. The molecule has 23 heavy (non-hydrogen) atoms. The van der Waals surface area contributed by atoms with Gasteiger partial charge in [-0.3, -0.25) is 10.0 Å². The Hall–Kier alpha value is -1.85. The first-order chi connectivity index (χ1) is 10.9. The number of aryl methyl sites for hydroxylation is 2. The van der Waals surface area contributed by atoms with Gasteiger partial charge in [-0.2, -0.15) is 5.06 Å². The number of hydrogen-bond donors (Lipinski definition) is 1. The third-order valence-corrected chi connectivity index (χ3v) is 4.02. The lowest BCUT2D eigenvalue weighted by molar-refractivity contribution is -0.123. The van der Waals surface area contributed by atoms with E-state index >= 15 is 0 Å². The van der Waals surface area contributed by atoms with Gasteiger partial charge in [0.2, 0.25) is 5.91 Å². The van der Waals surface area contributed by atoms with Gasteiger partial charge in [0.25, 0.3) is 0 Å². The van der Waals surface area contributed by atoms with Crippen LogP contribution in [0.5, 0.6) is 5.75 Å². The fourth-order valence-electron chi connectivity index (χ4n) is 2.26. The molecule has 0 spiro atoms. The van der Waals surface area contributed by atoms with Crippen molar-refractivity contribution in [3.8, 4) is 5.75 Å². The Labute approximate surface area is 144 Å². The predicted molar refractivity (Wildman–Crippen MR) is 94.0 cm³/mol. The predicted octanol–water partition coefficient (Wildman–Crippen LogP) is 4.78. The van der Waals surface area contributed by atoms with Gasteiger partial charge < -0.3 is 4.74 Å². The van der Waals surface area contributed by atoms with Crippen molar-refractivity contribution in [2.45, 2.75) is 33.8 Å². The van der Waals surface area contributed by atoms with Crippen molar-refractivity contribution in [1.29, 1.82) is 0 Å². The molecular weight excluding hydrogens is 358 g/mol. The third kappa shape index (κ3) is 4.33. The highest BCUT2D eigenvalue weighted by Gasteiger charge is 2.16. The zero-order valence-electron chi connectivity index (χ0n) is 13.5. The molecule has 2 rings (SSSR count). The van der Waals surface area contributed by atoms with Crippen LogP contribution in [-0.2, 0) is 11.4 Å². The highest BCUT2D eigenvalue weighted by molar-refractivity contribution is 9.10. The van der Waals surface area contributed by atoms with Crippen molar-refractivity contribution in [1.82, 2.24) is 0 Å². The molecule has 0 heterocycles. The van der Waals surface area contributed by atoms with E-state index in [2.05, 4.69) is 22.0 Å². The molecule has 0 saturated carbocycles. The summed E-state index contributed by atoms with van der Waals surface area (Å²) in [5.41, 5.74) is 3.39. The van der Waals surface area contributed by atoms with Crippen molar-refractivity contribution in [2.24, 2.45) is 0 Å². The minimum atomic E-state index is -0.365. The summed E-state index contributed by atoms with van der Waals surface area (Å²) in [6.07, 6.45) is 0.223. The van der Waals surface area contributed by atoms with Crippen LogP contribution in [0, 0.1) is 13.8 Å². The van der Waals surface area contributed by atoms with E-state index in [9.17, 15) is 10.0 Å². The lowest BCUT2D eigenvalue weighted by Crippen LogP contribution is -2.27. The largest absolute Gasteiger partial charge is 0.489 e. The summed E-state index contributed by atoms with van der Waals surface area (Å²) < 4.78 is 6.64. The highest BCUT2D eigenvalue weighted by atomic mass is 79.9. The van der Waals surface area contributed by atoms with Crippen LogP contribution < -0.4 is 9.80 Å². The number of rotatable bonds is 5. The number of ether oxygens (including phenoxy) is 1. The molecule has 122 valence electrons. The molecule has 4 nitrogen and oxygen atoms in total. The maximum Gasteiger partial charge on any atom is 0.250 e. The van der Waals surface area contributed by atoms with Gasteiger partial charge >= 0.3 is 0 Å². The summed E-state index contributed by atoms with van der Waals surface area (Å²) in [7, 11) is 0. The highest BCUT2D eigenvalue weighted by Crippen LogP contribution is 2.27. The van der Waals surface area contributed by atoms with Crippen molar-refractivity contribution >= 4 is 27.5 Å². The van der Waals surface area contributed by atoms with E-state index in [0.29, 0.717) is 10.8 Å². The number of halogens is 1. The molecule has 0 aliphatic heterocycles. The minimum absolute atomic E-state index is 0.223. The summed E-state index contributed by atoms with van der Waals surface area (Å²) in [5.74, 6) is 0.423. The van der Waals surface area contributed by atoms with Crippen molar-refractivity contribution in [3.05, 3.63) is 57.6 Å². The zero-order valence-corrected chi connectivity index (χ0v) is 15.1. The standard InChI is InChI=1S/C18H20BrNO3/c1-4-18(21)20(22)16-10-15(19)7-6-14(16)11-23-17-8-5-12(2)9-13(17)3/h5-10,22H,4,11H2,1-3H3. The first-order valence-electron chi connectivity index (χ1n) is 7.42. The molecule has 0 saturated heterocycles. The van der Waals surface area contributed by atoms with Gasteiger partial charge in [0.15, 0.2) is 0 Å². The number of carbonyl (C=O) groups excluding carboxylic acids is 1. The summed E-state index contributed by atoms with van der Waals surface area (Å²) in [4.78, 5) is 11.8. The number of hydrogen-bond acceptors (Lipinski definition) is 3. The molecule has 0 fully saturated rings. The molecule has 0 atom stereocenters. The summed E-state index contributed by atoms with van der Waals surface area (Å²) in [5, 5.41) is 10.8. The smallest absolute Gasteiger partial charge is 0.250 e. The Balaban J connectivity index is 2.24. The first-order valence-corrected chi connectivity index (χ1v) is 8.22. The van der Waals surface area contributed by atoms with Crippen LogP contribution in [0.3, 0.4) is 0 Å². The van der Waals surface area contributed by atoms with Crippen molar-refractivity contribution < 1.29 is 14.7 Å². The molecule has 0 bridgehead atoms. The number of amides is 1. The fourth-order valence-corrected chi connectivity index (χ4v) is 2.61. The second-order valence-corrected chi connectivity index (χ2v) is 6.31. The van der Waals surface area contributed by atoms with Crippen LogP contribution in [0.2, 0.25) is 0 Å². The van der Waals surface area contributed by atoms with Crippen LogP contribution in [0.1, 0.15) is 30.0 Å². The molecule has 0 aliphatic carbocycles. The van der Waals surface area contributed by atoms with Crippen LogP contribution in [0.4, 0.5) is 5.69 Å². The molecule has 0 aromatic heterocycles. The van der Waals surface area contributed by atoms with Crippen molar-refractivity contribution in [3.63, 3.8) is 0 Å². The van der Waals surface area contributed by atoms with E-state index in [1.54, 1.807) is 13.0 Å². The Morgan fingerprint density at radius 3 is 2.61 bits per heavy atom. The third-order valence-electron chi connectivity index (χ3n) is 3.53. The van der Waals surface area contributed by atoms with E-state index in [-0.39, 0.29) is 18.9 Å². The van der Waals surface area contributed by atoms with Gasteiger partial charge in [-0.25, -0.2) is 0 Å². The van der Waals surface area contributed by atoms with Gasteiger partial charge in [0.1, 0.15) is 12.4 Å². The lowest BCUT2D eigenvalue weighted by Gasteiger charge is -2.19. The maximum absolute atomic E-state index is 11.8. The molecule has 2 aromatic carbocycles. The Kier molecular flexibility index (Phi) is 5.80. The SMILES string of the molecule is CCC(=O)N(O)c1cc(Br)ccc1COc1ccc(C)cc1C. The number of anilines is 1. The Morgan fingerprint density at radius 2 is 1.96 bits per heavy atom.